The van der Waals surface area contributed by atoms with Gasteiger partial charge in [-0.15, -0.1) is 0 Å². The van der Waals surface area contributed by atoms with Crippen molar-refractivity contribution in [3.63, 3.8) is 0 Å². The number of carbonyl (C=O) groups is 1. The molecule has 0 saturated carbocycles. The number of nitrogens with one attached hydrogen (secondary N) is 1. The quantitative estimate of drug-likeness (QED) is 0.737. The fourth-order valence-electron chi connectivity index (χ4n) is 4.06. The molecule has 1 N–H and O–H groups in total. The van der Waals surface area contributed by atoms with Crippen LogP contribution in [0.4, 0.5) is 22.0 Å². The first-order valence-corrected chi connectivity index (χ1v) is 9.52. The Hall–Kier alpha value is -3.41. The Morgan fingerprint density at radius 2 is 2.11 bits per heavy atom. The molecule has 6 heteroatoms. The first-order valence-electron chi connectivity index (χ1n) is 9.52. The van der Waals surface area contributed by atoms with Crippen molar-refractivity contribution in [1.29, 1.82) is 0 Å². The van der Waals surface area contributed by atoms with Crippen LogP contribution in [0.3, 0.4) is 0 Å². The van der Waals surface area contributed by atoms with Crippen molar-refractivity contribution >= 4 is 23.2 Å². The number of amides is 2. The molecule has 28 heavy (non-hydrogen) atoms. The summed E-state index contributed by atoms with van der Waals surface area (Å²) in [5.74, 6) is 0.731. The van der Waals surface area contributed by atoms with E-state index in [1.54, 1.807) is 12.4 Å². The number of hydrogen-bond donors (Lipinski definition) is 1. The third-order valence-electron chi connectivity index (χ3n) is 5.40. The van der Waals surface area contributed by atoms with Gasteiger partial charge in [0.25, 0.3) is 0 Å². The van der Waals surface area contributed by atoms with Crippen LogP contribution in [0.5, 0.6) is 0 Å². The van der Waals surface area contributed by atoms with Gasteiger partial charge in [0.15, 0.2) is 5.82 Å². The van der Waals surface area contributed by atoms with Gasteiger partial charge in [-0.3, -0.25) is 9.88 Å². The van der Waals surface area contributed by atoms with Crippen molar-refractivity contribution in [1.82, 2.24) is 9.97 Å². The summed E-state index contributed by atoms with van der Waals surface area (Å²) in [5.41, 5.74) is 4.83. The van der Waals surface area contributed by atoms with Crippen LogP contribution in [0.15, 0.2) is 60.9 Å². The first-order chi connectivity index (χ1) is 13.7. The van der Waals surface area contributed by atoms with Gasteiger partial charge in [0.2, 0.25) is 0 Å². The summed E-state index contributed by atoms with van der Waals surface area (Å²) in [7, 11) is 0. The van der Waals surface area contributed by atoms with E-state index in [0.29, 0.717) is 5.69 Å². The third-order valence-corrected chi connectivity index (χ3v) is 5.40. The summed E-state index contributed by atoms with van der Waals surface area (Å²) in [5, 5.41) is 2.97. The molecule has 2 amide bonds. The number of carbonyl (C=O) groups excluding carboxylic acids is 1. The van der Waals surface area contributed by atoms with Crippen LogP contribution in [0.2, 0.25) is 0 Å². The van der Waals surface area contributed by atoms with E-state index >= 15 is 0 Å². The van der Waals surface area contributed by atoms with Gasteiger partial charge in [-0.25, -0.2) is 9.78 Å². The minimum atomic E-state index is -0.158. The number of aromatic nitrogens is 2. The van der Waals surface area contributed by atoms with Crippen LogP contribution >= 0.6 is 0 Å². The van der Waals surface area contributed by atoms with E-state index in [2.05, 4.69) is 46.4 Å². The van der Waals surface area contributed by atoms with Crippen molar-refractivity contribution in [2.75, 3.05) is 28.2 Å². The minimum Gasteiger partial charge on any atom is -0.366 e. The highest BCUT2D eigenvalue weighted by Gasteiger charge is 2.40. The number of benzene rings is 1. The highest BCUT2D eigenvalue weighted by atomic mass is 16.2. The van der Waals surface area contributed by atoms with Gasteiger partial charge < -0.3 is 10.2 Å². The summed E-state index contributed by atoms with van der Waals surface area (Å²) < 4.78 is 0. The second-order valence-corrected chi connectivity index (χ2v) is 7.34. The summed E-state index contributed by atoms with van der Waals surface area (Å²) in [6.45, 7) is 3.86. The van der Waals surface area contributed by atoms with E-state index in [0.717, 1.165) is 42.3 Å². The molecule has 4 heterocycles. The minimum absolute atomic E-state index is 0.129. The average molecular weight is 371 g/mol. The Kier molecular flexibility index (Phi) is 3.97. The Balaban J connectivity index is 1.54. The smallest absolute Gasteiger partial charge is 0.327 e. The fraction of sp³-hybridized carbons (Fsp3) is 0.227. The van der Waals surface area contributed by atoms with Crippen LogP contribution in [-0.2, 0) is 0 Å². The van der Waals surface area contributed by atoms with Crippen molar-refractivity contribution < 1.29 is 4.79 Å². The second-order valence-electron chi connectivity index (χ2n) is 7.34. The van der Waals surface area contributed by atoms with Gasteiger partial charge >= 0.3 is 6.03 Å². The van der Waals surface area contributed by atoms with E-state index in [1.165, 1.54) is 5.56 Å². The zero-order valence-corrected chi connectivity index (χ0v) is 15.7. The third kappa shape index (κ3) is 2.87. The van der Waals surface area contributed by atoms with Crippen LogP contribution in [0.1, 0.15) is 12.0 Å². The maximum atomic E-state index is 13.1. The molecule has 2 aromatic heterocycles. The summed E-state index contributed by atoms with van der Waals surface area (Å²) in [6, 6.07) is 16.0. The molecule has 1 atom stereocenters. The molecular weight excluding hydrogens is 350 g/mol. The Morgan fingerprint density at radius 1 is 1.18 bits per heavy atom. The highest BCUT2D eigenvalue weighted by molar-refractivity contribution is 6.04. The maximum absolute atomic E-state index is 13.1. The summed E-state index contributed by atoms with van der Waals surface area (Å²) in [4.78, 5) is 26.3. The second kappa shape index (κ2) is 6.64. The molecule has 0 aliphatic carbocycles. The molecule has 1 aromatic carbocycles. The topological polar surface area (TPSA) is 61.4 Å². The van der Waals surface area contributed by atoms with Gasteiger partial charge in [-0.1, -0.05) is 23.8 Å². The van der Waals surface area contributed by atoms with Crippen LogP contribution in [0.25, 0.3) is 11.3 Å². The molecule has 0 radical (unpaired) electrons. The lowest BCUT2D eigenvalue weighted by Crippen LogP contribution is -2.48. The lowest BCUT2D eigenvalue weighted by molar-refractivity contribution is 0.255. The number of nitrogens with zero attached hydrogens (tertiary/aromatic N) is 4. The lowest BCUT2D eigenvalue weighted by atomic mass is 10.1. The van der Waals surface area contributed by atoms with Crippen LogP contribution in [-0.4, -0.2) is 35.1 Å². The van der Waals surface area contributed by atoms with E-state index in [-0.39, 0.29) is 12.1 Å². The van der Waals surface area contributed by atoms with Gasteiger partial charge in [0.1, 0.15) is 0 Å². The normalized spacial score (nSPS) is 17.4. The van der Waals surface area contributed by atoms with Gasteiger partial charge in [0.05, 0.1) is 29.3 Å². The Morgan fingerprint density at radius 3 is 2.93 bits per heavy atom. The van der Waals surface area contributed by atoms with Crippen molar-refractivity contribution in [2.45, 2.75) is 19.4 Å². The predicted molar refractivity (Wildman–Crippen MR) is 111 cm³/mol. The van der Waals surface area contributed by atoms with E-state index < -0.39 is 0 Å². The van der Waals surface area contributed by atoms with Gasteiger partial charge in [0, 0.05) is 24.8 Å². The SMILES string of the molecule is Cc1cccc(-c2ccc3c(n2)N(C(=O)Nc2cccnc2)[C@H]2CCN3C2)c1. The number of pyridine rings is 2. The number of anilines is 3. The highest BCUT2D eigenvalue weighted by Crippen LogP contribution is 2.40. The van der Waals surface area contributed by atoms with E-state index in [4.69, 9.17) is 4.98 Å². The zero-order valence-electron chi connectivity index (χ0n) is 15.7. The van der Waals surface area contributed by atoms with Crippen LogP contribution in [0, 0.1) is 6.92 Å². The number of urea groups is 1. The molecule has 2 aliphatic rings. The standard InChI is InChI=1S/C22H21N5O/c1-15-4-2-5-16(12-15)19-7-8-20-21(25-19)27(18-9-11-26(20)14-18)22(28)24-17-6-3-10-23-13-17/h2-8,10,12-13,18H,9,11,14H2,1H3,(H,24,28)/t18-/m0/s1. The molecule has 0 unspecified atom stereocenters. The van der Waals surface area contributed by atoms with Crippen molar-refractivity contribution in [3.05, 3.63) is 66.5 Å². The van der Waals surface area contributed by atoms with Crippen molar-refractivity contribution in [3.8, 4) is 11.3 Å². The molecule has 140 valence electrons. The Bertz CT molecular complexity index is 1040. The molecular formula is C22H21N5O. The average Bonchev–Trinajstić information content (AvgIpc) is 3.13. The fourth-order valence-corrected chi connectivity index (χ4v) is 4.06. The monoisotopic (exact) mass is 371 g/mol. The summed E-state index contributed by atoms with van der Waals surface area (Å²) in [6.07, 6.45) is 4.29. The zero-order chi connectivity index (χ0) is 19.1. The molecule has 6 nitrogen and oxygen atoms in total. The molecule has 1 fully saturated rings. The number of aryl methyl sites for hydroxylation is 1. The van der Waals surface area contributed by atoms with Crippen molar-refractivity contribution in [2.24, 2.45) is 0 Å². The maximum Gasteiger partial charge on any atom is 0.327 e. The van der Waals surface area contributed by atoms with E-state index in [1.807, 2.05) is 29.2 Å². The molecule has 0 spiro atoms. The molecule has 1 saturated heterocycles. The number of rotatable bonds is 2. The number of fused-ring (bicyclic) bond motifs is 4. The molecule has 2 bridgehead atoms. The van der Waals surface area contributed by atoms with Crippen LogP contribution < -0.4 is 15.1 Å². The molecule has 5 rings (SSSR count). The first kappa shape index (κ1) is 16.7. The van der Waals surface area contributed by atoms with Gasteiger partial charge in [-0.2, -0.15) is 0 Å². The number of hydrogen-bond acceptors (Lipinski definition) is 4. The lowest BCUT2D eigenvalue weighted by Gasteiger charge is -2.35. The Labute approximate surface area is 163 Å². The molecule has 3 aromatic rings. The van der Waals surface area contributed by atoms with Gasteiger partial charge in [-0.05, 0) is 43.7 Å². The predicted octanol–water partition coefficient (Wildman–Crippen LogP) is 4.08. The molecule has 2 aliphatic heterocycles. The summed E-state index contributed by atoms with van der Waals surface area (Å²) >= 11 is 0. The van der Waals surface area contributed by atoms with E-state index in [9.17, 15) is 4.79 Å². The largest absolute Gasteiger partial charge is 0.366 e.